The first-order chi connectivity index (χ1) is 4.63. The molecule has 0 saturated carbocycles. The van der Waals surface area contributed by atoms with Crippen molar-refractivity contribution < 1.29 is 4.79 Å². The van der Waals surface area contributed by atoms with Crippen LogP contribution in [-0.2, 0) is 4.79 Å². The minimum atomic E-state index is 0.0602. The Morgan fingerprint density at radius 3 is 2.30 bits per heavy atom. The van der Waals surface area contributed by atoms with Gasteiger partial charge in [0, 0.05) is 5.92 Å². The standard InChI is InChI=1S/C9H16O/c1-5-7(3)9(6-2)8(4)10/h6-7,9H,2,5H2,1,3-4H3/t7-,9?/m0/s1. The Kier molecular flexibility index (Phi) is 4.01. The fourth-order valence-corrected chi connectivity index (χ4v) is 1.05. The van der Waals surface area contributed by atoms with E-state index in [0.717, 1.165) is 6.42 Å². The van der Waals surface area contributed by atoms with Crippen molar-refractivity contribution in [3.05, 3.63) is 12.7 Å². The lowest BCUT2D eigenvalue weighted by Gasteiger charge is -2.14. The lowest BCUT2D eigenvalue weighted by Crippen LogP contribution is -2.16. The molecule has 0 rings (SSSR count). The molecule has 0 fully saturated rings. The van der Waals surface area contributed by atoms with Crippen LogP contribution in [0.25, 0.3) is 0 Å². The van der Waals surface area contributed by atoms with Gasteiger partial charge in [-0.25, -0.2) is 0 Å². The van der Waals surface area contributed by atoms with E-state index in [9.17, 15) is 4.79 Å². The number of carbonyl (C=O) groups excluding carboxylic acids is 1. The van der Waals surface area contributed by atoms with Crippen LogP contribution in [0.5, 0.6) is 0 Å². The van der Waals surface area contributed by atoms with Crippen LogP contribution < -0.4 is 0 Å². The summed E-state index contributed by atoms with van der Waals surface area (Å²) in [6, 6.07) is 0. The molecule has 0 aliphatic rings. The van der Waals surface area contributed by atoms with E-state index in [1.54, 1.807) is 13.0 Å². The second kappa shape index (κ2) is 4.26. The molecule has 0 amide bonds. The SMILES string of the molecule is C=CC(C(C)=O)[C@@H](C)CC. The molecule has 0 saturated heterocycles. The summed E-state index contributed by atoms with van der Waals surface area (Å²) in [5, 5.41) is 0. The van der Waals surface area contributed by atoms with Gasteiger partial charge in [-0.15, -0.1) is 6.58 Å². The van der Waals surface area contributed by atoms with Crippen LogP contribution in [0, 0.1) is 11.8 Å². The molecule has 0 aliphatic heterocycles. The van der Waals surface area contributed by atoms with Gasteiger partial charge >= 0.3 is 0 Å². The van der Waals surface area contributed by atoms with Crippen molar-refractivity contribution in [1.29, 1.82) is 0 Å². The van der Waals surface area contributed by atoms with Gasteiger partial charge in [0.25, 0.3) is 0 Å². The van der Waals surface area contributed by atoms with Gasteiger partial charge in [0.05, 0.1) is 0 Å². The van der Waals surface area contributed by atoms with Crippen molar-refractivity contribution in [2.45, 2.75) is 27.2 Å². The topological polar surface area (TPSA) is 17.1 Å². The van der Waals surface area contributed by atoms with Crippen molar-refractivity contribution in [3.8, 4) is 0 Å². The molecule has 0 aromatic rings. The van der Waals surface area contributed by atoms with Gasteiger partial charge in [-0.05, 0) is 12.8 Å². The van der Waals surface area contributed by atoms with E-state index < -0.39 is 0 Å². The number of hydrogen-bond acceptors (Lipinski definition) is 1. The summed E-state index contributed by atoms with van der Waals surface area (Å²) in [6.07, 6.45) is 2.78. The average molecular weight is 140 g/mol. The van der Waals surface area contributed by atoms with Crippen molar-refractivity contribution >= 4 is 5.78 Å². The fourth-order valence-electron chi connectivity index (χ4n) is 1.05. The van der Waals surface area contributed by atoms with E-state index in [0.29, 0.717) is 5.92 Å². The maximum Gasteiger partial charge on any atom is 0.136 e. The molecule has 0 N–H and O–H groups in total. The van der Waals surface area contributed by atoms with Gasteiger partial charge in [0.2, 0.25) is 0 Å². The van der Waals surface area contributed by atoms with Crippen molar-refractivity contribution in [1.82, 2.24) is 0 Å². The summed E-state index contributed by atoms with van der Waals surface area (Å²) in [5.41, 5.74) is 0. The first-order valence-corrected chi connectivity index (χ1v) is 3.76. The van der Waals surface area contributed by atoms with Gasteiger partial charge in [0.1, 0.15) is 5.78 Å². The van der Waals surface area contributed by atoms with E-state index in [1.165, 1.54) is 0 Å². The summed E-state index contributed by atoms with van der Waals surface area (Å²) < 4.78 is 0. The zero-order chi connectivity index (χ0) is 8.15. The molecule has 1 heteroatoms. The quantitative estimate of drug-likeness (QED) is 0.548. The molecule has 0 spiro atoms. The van der Waals surface area contributed by atoms with E-state index in [-0.39, 0.29) is 11.7 Å². The Bertz CT molecular complexity index is 127. The largest absolute Gasteiger partial charge is 0.299 e. The molecular weight excluding hydrogens is 124 g/mol. The monoisotopic (exact) mass is 140 g/mol. The predicted octanol–water partition coefficient (Wildman–Crippen LogP) is 2.42. The summed E-state index contributed by atoms with van der Waals surface area (Å²) in [5.74, 6) is 0.726. The Hall–Kier alpha value is -0.590. The zero-order valence-corrected chi connectivity index (χ0v) is 7.05. The molecule has 58 valence electrons. The van der Waals surface area contributed by atoms with Crippen LogP contribution in [0.1, 0.15) is 27.2 Å². The second-order valence-corrected chi connectivity index (χ2v) is 2.76. The lowest BCUT2D eigenvalue weighted by atomic mass is 9.89. The molecule has 0 aromatic carbocycles. The van der Waals surface area contributed by atoms with E-state index in [4.69, 9.17) is 0 Å². The van der Waals surface area contributed by atoms with E-state index >= 15 is 0 Å². The second-order valence-electron chi connectivity index (χ2n) is 2.76. The number of rotatable bonds is 4. The first kappa shape index (κ1) is 9.41. The molecule has 1 unspecified atom stereocenters. The van der Waals surface area contributed by atoms with Crippen molar-refractivity contribution in [2.75, 3.05) is 0 Å². The molecular formula is C9H16O. The number of allylic oxidation sites excluding steroid dienone is 1. The van der Waals surface area contributed by atoms with Crippen LogP contribution in [-0.4, -0.2) is 5.78 Å². The Morgan fingerprint density at radius 2 is 2.20 bits per heavy atom. The molecule has 2 atom stereocenters. The summed E-state index contributed by atoms with van der Waals surface area (Å²) in [4.78, 5) is 10.9. The third-order valence-electron chi connectivity index (χ3n) is 1.98. The smallest absolute Gasteiger partial charge is 0.136 e. The highest BCUT2D eigenvalue weighted by atomic mass is 16.1. The molecule has 0 aromatic heterocycles. The number of ketones is 1. The number of hydrogen-bond donors (Lipinski definition) is 0. The van der Waals surface area contributed by atoms with Crippen LogP contribution >= 0.6 is 0 Å². The Morgan fingerprint density at radius 1 is 1.70 bits per heavy atom. The molecule has 0 bridgehead atoms. The minimum Gasteiger partial charge on any atom is -0.299 e. The van der Waals surface area contributed by atoms with Gasteiger partial charge in [-0.2, -0.15) is 0 Å². The molecule has 10 heavy (non-hydrogen) atoms. The van der Waals surface area contributed by atoms with Crippen molar-refractivity contribution in [3.63, 3.8) is 0 Å². The number of carbonyl (C=O) groups is 1. The van der Waals surface area contributed by atoms with Gasteiger partial charge in [-0.1, -0.05) is 26.3 Å². The van der Waals surface area contributed by atoms with Crippen LogP contribution in [0.15, 0.2) is 12.7 Å². The summed E-state index contributed by atoms with van der Waals surface area (Å²) in [6.45, 7) is 9.42. The van der Waals surface area contributed by atoms with E-state index in [2.05, 4.69) is 20.4 Å². The highest BCUT2D eigenvalue weighted by Crippen LogP contribution is 2.16. The normalized spacial score (nSPS) is 15.9. The van der Waals surface area contributed by atoms with Crippen LogP contribution in [0.3, 0.4) is 0 Å². The van der Waals surface area contributed by atoms with Crippen LogP contribution in [0.2, 0.25) is 0 Å². The van der Waals surface area contributed by atoms with Crippen LogP contribution in [0.4, 0.5) is 0 Å². The molecule has 0 heterocycles. The maximum atomic E-state index is 10.9. The van der Waals surface area contributed by atoms with Gasteiger partial charge < -0.3 is 0 Å². The van der Waals surface area contributed by atoms with Crippen molar-refractivity contribution in [2.24, 2.45) is 11.8 Å². The lowest BCUT2D eigenvalue weighted by molar-refractivity contribution is -0.120. The average Bonchev–Trinajstić information content (AvgIpc) is 1.88. The zero-order valence-electron chi connectivity index (χ0n) is 7.05. The summed E-state index contributed by atoms with van der Waals surface area (Å²) in [7, 11) is 0. The van der Waals surface area contributed by atoms with E-state index in [1.807, 2.05) is 0 Å². The summed E-state index contributed by atoms with van der Waals surface area (Å²) >= 11 is 0. The predicted molar refractivity (Wildman–Crippen MR) is 43.8 cm³/mol. The third-order valence-corrected chi connectivity index (χ3v) is 1.98. The minimum absolute atomic E-state index is 0.0602. The third kappa shape index (κ3) is 2.34. The van der Waals surface area contributed by atoms with Gasteiger partial charge in [0.15, 0.2) is 0 Å². The molecule has 0 aliphatic carbocycles. The first-order valence-electron chi connectivity index (χ1n) is 3.76. The maximum absolute atomic E-state index is 10.9. The Balaban J connectivity index is 4.05. The Labute approximate surface area is 63.1 Å². The highest BCUT2D eigenvalue weighted by Gasteiger charge is 2.15. The highest BCUT2D eigenvalue weighted by molar-refractivity contribution is 5.80. The van der Waals surface area contributed by atoms with Gasteiger partial charge in [-0.3, -0.25) is 4.79 Å². The fraction of sp³-hybridized carbons (Fsp3) is 0.667. The molecule has 0 radical (unpaired) electrons. The molecule has 1 nitrogen and oxygen atoms in total. The number of Topliss-reactive ketones (excluding diaryl/α,β-unsaturated/α-hetero) is 1.